The summed E-state index contributed by atoms with van der Waals surface area (Å²) in [6.07, 6.45) is 2.40. The Labute approximate surface area is 157 Å². The molecular formula is C21H20FN3S. The molecule has 0 aromatic heterocycles. The Balaban J connectivity index is 1.67. The third-order valence-corrected chi connectivity index (χ3v) is 6.97. The fourth-order valence-electron chi connectivity index (χ4n) is 4.68. The van der Waals surface area contributed by atoms with Crippen molar-refractivity contribution in [3.8, 4) is 17.2 Å². The van der Waals surface area contributed by atoms with Crippen LogP contribution in [0.15, 0.2) is 35.2 Å². The van der Waals surface area contributed by atoms with Gasteiger partial charge in [0.1, 0.15) is 11.9 Å². The van der Waals surface area contributed by atoms with Crippen molar-refractivity contribution in [2.24, 2.45) is 0 Å². The molecule has 0 amide bonds. The zero-order valence-electron chi connectivity index (χ0n) is 14.5. The highest BCUT2D eigenvalue weighted by atomic mass is 32.2. The van der Waals surface area contributed by atoms with E-state index in [-0.39, 0.29) is 5.56 Å². The standard InChI is InChI=1S/C21H20FN3S/c22-18-3-2-13(8-15(18)11-23)14-9-16-17-12-24-5-4-19(17)25-6-1-7-26-20(10-14)21(16)25/h2-3,8-10,17,19,24H,1,4-7,12H2/t17-,19-/m0/s1. The van der Waals surface area contributed by atoms with Crippen LogP contribution in [0, 0.1) is 17.1 Å². The smallest absolute Gasteiger partial charge is 0.140 e. The van der Waals surface area contributed by atoms with E-state index in [0.717, 1.165) is 36.5 Å². The normalized spacial score (nSPS) is 23.8. The Hall–Kier alpha value is -2.03. The molecule has 0 spiro atoms. The van der Waals surface area contributed by atoms with Gasteiger partial charge in [0.2, 0.25) is 0 Å². The van der Waals surface area contributed by atoms with Crippen LogP contribution in [0.5, 0.6) is 0 Å². The van der Waals surface area contributed by atoms with Crippen molar-refractivity contribution in [3.63, 3.8) is 0 Å². The maximum Gasteiger partial charge on any atom is 0.140 e. The highest BCUT2D eigenvalue weighted by molar-refractivity contribution is 7.99. The minimum atomic E-state index is -0.451. The van der Waals surface area contributed by atoms with Crippen molar-refractivity contribution in [1.82, 2.24) is 5.32 Å². The molecule has 132 valence electrons. The first-order chi connectivity index (χ1) is 12.8. The molecule has 0 saturated carbocycles. The number of hydrogen-bond acceptors (Lipinski definition) is 4. The number of nitriles is 1. The Morgan fingerprint density at radius 2 is 2.15 bits per heavy atom. The first-order valence-corrected chi connectivity index (χ1v) is 10.2. The number of rotatable bonds is 1. The number of nitrogens with one attached hydrogen (secondary N) is 1. The number of halogens is 1. The molecule has 0 unspecified atom stereocenters. The summed E-state index contributed by atoms with van der Waals surface area (Å²) in [5, 5.41) is 12.7. The lowest BCUT2D eigenvalue weighted by molar-refractivity contribution is 0.403. The summed E-state index contributed by atoms with van der Waals surface area (Å²) >= 11 is 1.93. The SMILES string of the molecule is N#Cc1cc(-c2cc3c4c(c2)[C@@H]2CNCC[C@@H]2N4CCCS3)ccc1F. The molecule has 2 aromatic carbocycles. The van der Waals surface area contributed by atoms with Gasteiger partial charge in [-0.2, -0.15) is 5.26 Å². The van der Waals surface area contributed by atoms with E-state index >= 15 is 0 Å². The summed E-state index contributed by atoms with van der Waals surface area (Å²) in [5.41, 5.74) is 4.98. The quantitative estimate of drug-likeness (QED) is 0.825. The monoisotopic (exact) mass is 365 g/mol. The van der Waals surface area contributed by atoms with Crippen LogP contribution in [0.4, 0.5) is 10.1 Å². The molecule has 3 nitrogen and oxygen atoms in total. The second-order valence-electron chi connectivity index (χ2n) is 7.28. The van der Waals surface area contributed by atoms with Gasteiger partial charge < -0.3 is 10.2 Å². The largest absolute Gasteiger partial charge is 0.367 e. The summed E-state index contributed by atoms with van der Waals surface area (Å²) in [6.45, 7) is 3.25. The number of hydrogen-bond donors (Lipinski definition) is 1. The van der Waals surface area contributed by atoms with E-state index in [9.17, 15) is 9.65 Å². The molecule has 5 rings (SSSR count). The van der Waals surface area contributed by atoms with Gasteiger partial charge in [-0.05, 0) is 66.1 Å². The van der Waals surface area contributed by atoms with E-state index in [4.69, 9.17) is 0 Å². The minimum Gasteiger partial charge on any atom is -0.367 e. The molecule has 0 radical (unpaired) electrons. The predicted molar refractivity (Wildman–Crippen MR) is 103 cm³/mol. The van der Waals surface area contributed by atoms with Gasteiger partial charge in [0.15, 0.2) is 0 Å². The number of fused-ring (bicyclic) bond motifs is 3. The highest BCUT2D eigenvalue weighted by Crippen LogP contribution is 2.51. The molecule has 0 bridgehead atoms. The lowest BCUT2D eigenvalue weighted by Crippen LogP contribution is -2.44. The molecule has 26 heavy (non-hydrogen) atoms. The zero-order valence-corrected chi connectivity index (χ0v) is 15.3. The summed E-state index contributed by atoms with van der Waals surface area (Å²) < 4.78 is 13.7. The zero-order chi connectivity index (χ0) is 17.7. The molecule has 2 aromatic rings. The van der Waals surface area contributed by atoms with Crippen LogP contribution in [0.2, 0.25) is 0 Å². The maximum absolute atomic E-state index is 13.7. The fourth-order valence-corrected chi connectivity index (χ4v) is 5.76. The number of thioether (sulfide) groups is 1. The van der Waals surface area contributed by atoms with Gasteiger partial charge in [0.25, 0.3) is 0 Å². The van der Waals surface area contributed by atoms with Crippen LogP contribution in [0.1, 0.15) is 29.9 Å². The lowest BCUT2D eigenvalue weighted by atomic mass is 9.88. The predicted octanol–water partition coefficient (Wildman–Crippen LogP) is 4.13. The van der Waals surface area contributed by atoms with E-state index in [1.165, 1.54) is 35.1 Å². The summed E-state index contributed by atoms with van der Waals surface area (Å²) in [7, 11) is 0. The first kappa shape index (κ1) is 16.2. The maximum atomic E-state index is 13.7. The average molecular weight is 365 g/mol. The van der Waals surface area contributed by atoms with Gasteiger partial charge in [-0.25, -0.2) is 4.39 Å². The number of piperidine rings is 1. The van der Waals surface area contributed by atoms with Crippen LogP contribution in [-0.4, -0.2) is 31.4 Å². The van der Waals surface area contributed by atoms with E-state index in [2.05, 4.69) is 22.3 Å². The van der Waals surface area contributed by atoms with Crippen LogP contribution in [0.25, 0.3) is 11.1 Å². The summed E-state index contributed by atoms with van der Waals surface area (Å²) in [4.78, 5) is 3.98. The third-order valence-electron chi connectivity index (χ3n) is 5.86. The van der Waals surface area contributed by atoms with Crippen molar-refractivity contribution in [3.05, 3.63) is 47.3 Å². The van der Waals surface area contributed by atoms with Crippen molar-refractivity contribution >= 4 is 17.4 Å². The van der Waals surface area contributed by atoms with Gasteiger partial charge >= 0.3 is 0 Å². The fraction of sp³-hybridized carbons (Fsp3) is 0.381. The van der Waals surface area contributed by atoms with Crippen LogP contribution in [0.3, 0.4) is 0 Å². The molecular weight excluding hydrogens is 345 g/mol. The van der Waals surface area contributed by atoms with Crippen molar-refractivity contribution in [2.45, 2.75) is 29.7 Å². The van der Waals surface area contributed by atoms with Crippen molar-refractivity contribution in [2.75, 3.05) is 30.3 Å². The van der Waals surface area contributed by atoms with Gasteiger partial charge in [-0.3, -0.25) is 0 Å². The molecule has 1 saturated heterocycles. The topological polar surface area (TPSA) is 39.1 Å². The second-order valence-corrected chi connectivity index (χ2v) is 8.42. The number of anilines is 1. The second kappa shape index (κ2) is 6.29. The third kappa shape index (κ3) is 2.44. The van der Waals surface area contributed by atoms with Crippen LogP contribution in [-0.2, 0) is 0 Å². The van der Waals surface area contributed by atoms with Gasteiger partial charge in [-0.15, -0.1) is 11.8 Å². The highest BCUT2D eigenvalue weighted by Gasteiger charge is 2.41. The lowest BCUT2D eigenvalue weighted by Gasteiger charge is -2.33. The van der Waals surface area contributed by atoms with E-state index in [1.807, 2.05) is 17.8 Å². The molecule has 0 aliphatic carbocycles. The molecule has 2 atom stereocenters. The van der Waals surface area contributed by atoms with E-state index in [1.54, 1.807) is 12.1 Å². The Morgan fingerprint density at radius 3 is 3.04 bits per heavy atom. The van der Waals surface area contributed by atoms with Crippen LogP contribution >= 0.6 is 11.8 Å². The molecule has 1 N–H and O–H groups in total. The summed E-state index contributed by atoms with van der Waals surface area (Å²) in [5.74, 6) is 1.20. The number of nitrogens with zero attached hydrogens (tertiary/aromatic N) is 2. The van der Waals surface area contributed by atoms with E-state index < -0.39 is 5.82 Å². The van der Waals surface area contributed by atoms with Crippen LogP contribution < -0.4 is 10.2 Å². The van der Waals surface area contributed by atoms with Crippen molar-refractivity contribution < 1.29 is 4.39 Å². The van der Waals surface area contributed by atoms with Gasteiger partial charge in [0, 0.05) is 29.9 Å². The van der Waals surface area contributed by atoms with Crippen molar-refractivity contribution in [1.29, 1.82) is 5.26 Å². The molecule has 1 fully saturated rings. The molecule has 3 aliphatic heterocycles. The first-order valence-electron chi connectivity index (χ1n) is 9.24. The van der Waals surface area contributed by atoms with Gasteiger partial charge in [0.05, 0.1) is 11.3 Å². The minimum absolute atomic E-state index is 0.111. The Bertz CT molecular complexity index is 920. The molecule has 5 heteroatoms. The number of benzene rings is 2. The van der Waals surface area contributed by atoms with Gasteiger partial charge in [-0.1, -0.05) is 6.07 Å². The molecule has 3 aliphatic rings. The average Bonchev–Trinajstić information content (AvgIpc) is 2.84. The Morgan fingerprint density at radius 1 is 1.23 bits per heavy atom. The Kier molecular flexibility index (Phi) is 3.91. The molecule has 3 heterocycles. The van der Waals surface area contributed by atoms with E-state index in [0.29, 0.717) is 12.0 Å². The summed E-state index contributed by atoms with van der Waals surface area (Å²) in [6, 6.07) is 11.9.